The molecule has 708 valence electrons. The molecule has 0 unspecified atom stereocenters. The number of anilines is 4. The molecule has 4 amide bonds. The van der Waals surface area contributed by atoms with Gasteiger partial charge in [-0.15, -0.1) is 11.3 Å². The molecular weight excluding hydrogens is 1920 g/mol. The Morgan fingerprint density at radius 3 is 1.21 bits per heavy atom. The number of nitriles is 2. The largest absolute Gasteiger partial charge is 0.507 e. The topological polar surface area (TPSA) is 317 Å². The number of aryl methyl sites for hydroxylation is 1. The molecule has 0 saturated carbocycles. The molecule has 0 bridgehead atoms. The number of thiophene rings is 1. The number of fused-ring (bicyclic) bond motifs is 5. The second-order valence-electron chi connectivity index (χ2n) is 32.0. The Morgan fingerprint density at radius 2 is 0.800 bits per heavy atom. The number of amides is 4. The number of halogens is 10. The summed E-state index contributed by atoms with van der Waals surface area (Å²) in [6.07, 6.45) is 12.5. The number of piperazine rings is 4. The number of ether oxygens (including phenoxy) is 2. The molecule has 38 heteroatoms. The quantitative estimate of drug-likeness (QED) is 0.0515. The van der Waals surface area contributed by atoms with Crippen molar-refractivity contribution >= 4 is 183 Å². The molecule has 15 aromatic rings. The number of pyridine rings is 1. The average molecular weight is 2010 g/mol. The molecule has 0 spiro atoms. The lowest BCUT2D eigenvalue weighted by molar-refractivity contribution is -0.127. The summed E-state index contributed by atoms with van der Waals surface area (Å²) in [6.45, 7) is 16.4. The Labute approximate surface area is 827 Å². The maximum absolute atomic E-state index is 15.8. The van der Waals surface area contributed by atoms with E-state index in [9.17, 15) is 48.7 Å². The van der Waals surface area contributed by atoms with Crippen LogP contribution in [0.1, 0.15) is 16.1 Å². The zero-order valence-electron chi connectivity index (χ0n) is 74.9. The SMILES string of the molecule is C=CC(=O)N1CCN(c2ncnc3c(Cl)c(-c4c(OC)ccc5ccccc45)c(Cl)cc23)CC1.C=CC(=O)N1CCN(c2ncnc3c(F)c(-c4c(C)cccc4OC)c(Cl)cc23)CC1.N#C/C(=C\c1ccccn1)C(=O)N1CCN(c2ncnc3c(F)c(-c4c(O)cccc4F)c(Cl)cc23)CC1.N#C/C(=C\c1cccs1)C(=O)N1CCN(c2ncnc3c(F)c(-c4c(O)cccc4F)c(Cl)cc23)CC1. The number of nitrogens with zero attached hydrogens (tertiary/aromatic N) is 19. The van der Waals surface area contributed by atoms with Gasteiger partial charge in [0.15, 0.2) is 17.5 Å². The van der Waals surface area contributed by atoms with E-state index < -0.39 is 46.5 Å². The van der Waals surface area contributed by atoms with Gasteiger partial charge in [0, 0.05) is 171 Å². The molecule has 19 rings (SSSR count). The number of aromatic hydroxyl groups is 2. The van der Waals surface area contributed by atoms with Gasteiger partial charge in [0.05, 0.1) is 61.7 Å². The third kappa shape index (κ3) is 20.0. The van der Waals surface area contributed by atoms with Gasteiger partial charge in [-0.05, 0) is 132 Å². The molecule has 2 N–H and O–H groups in total. The van der Waals surface area contributed by atoms with Crippen molar-refractivity contribution in [2.24, 2.45) is 0 Å². The van der Waals surface area contributed by atoms with Crippen molar-refractivity contribution in [2.75, 3.05) is 139 Å². The van der Waals surface area contributed by atoms with E-state index in [1.54, 1.807) is 76.4 Å². The first kappa shape index (κ1) is 97.8. The summed E-state index contributed by atoms with van der Waals surface area (Å²) >= 11 is 34.7. The Morgan fingerprint density at radius 1 is 0.407 bits per heavy atom. The van der Waals surface area contributed by atoms with Crippen LogP contribution in [0.25, 0.3) is 111 Å². The third-order valence-corrected chi connectivity index (χ3v) is 26.5. The molecule has 10 heterocycles. The lowest BCUT2D eigenvalue weighted by Gasteiger charge is -2.35. The lowest BCUT2D eigenvalue weighted by Crippen LogP contribution is -2.49. The van der Waals surface area contributed by atoms with E-state index in [0.717, 1.165) is 50.1 Å². The van der Waals surface area contributed by atoms with Crippen LogP contribution in [0.15, 0.2) is 219 Å². The zero-order valence-corrected chi connectivity index (χ0v) is 79.5. The predicted octanol–water partition coefficient (Wildman–Crippen LogP) is 19.7. The van der Waals surface area contributed by atoms with E-state index in [4.69, 9.17) is 67.5 Å². The van der Waals surface area contributed by atoms with Crippen LogP contribution in [0.5, 0.6) is 23.0 Å². The number of hydrogen-bond acceptors (Lipinski definition) is 24. The number of hydrogen-bond donors (Lipinski definition) is 2. The van der Waals surface area contributed by atoms with Crippen molar-refractivity contribution < 1.29 is 60.8 Å². The Balaban J connectivity index is 0.000000135. The van der Waals surface area contributed by atoms with Crippen LogP contribution in [-0.2, 0) is 19.2 Å². The van der Waals surface area contributed by atoms with Crippen molar-refractivity contribution in [1.29, 1.82) is 10.5 Å². The number of methoxy groups -OCH3 is 2. The molecule has 6 aromatic heterocycles. The van der Waals surface area contributed by atoms with Crippen LogP contribution >= 0.6 is 69.3 Å². The van der Waals surface area contributed by atoms with Crippen molar-refractivity contribution in [3.8, 4) is 79.6 Å². The molecule has 4 aliphatic rings. The number of benzene rings is 9. The van der Waals surface area contributed by atoms with Crippen LogP contribution < -0.4 is 29.1 Å². The fraction of sp³-hybridized carbons (Fsp3) is 0.186. The molecular formula is C102H81Cl5F5N19O8S. The zero-order chi connectivity index (χ0) is 98.9. The summed E-state index contributed by atoms with van der Waals surface area (Å²) in [5, 5.41) is 46.2. The molecule has 0 radical (unpaired) electrons. The van der Waals surface area contributed by atoms with Gasteiger partial charge in [-0.1, -0.05) is 138 Å². The molecule has 140 heavy (non-hydrogen) atoms. The highest BCUT2D eigenvalue weighted by molar-refractivity contribution is 7.10. The van der Waals surface area contributed by atoms with Crippen molar-refractivity contribution in [2.45, 2.75) is 6.92 Å². The van der Waals surface area contributed by atoms with E-state index in [1.165, 1.54) is 91.3 Å². The Bertz CT molecular complexity index is 7520. The van der Waals surface area contributed by atoms with Crippen LogP contribution in [0.4, 0.5) is 45.2 Å². The van der Waals surface area contributed by atoms with Crippen molar-refractivity contribution in [1.82, 2.24) is 64.5 Å². The van der Waals surface area contributed by atoms with Gasteiger partial charge in [-0.2, -0.15) is 10.5 Å². The van der Waals surface area contributed by atoms with Gasteiger partial charge >= 0.3 is 0 Å². The normalized spacial score (nSPS) is 14.1. The smallest absolute Gasteiger partial charge is 0.264 e. The fourth-order valence-electron chi connectivity index (χ4n) is 17.2. The molecule has 27 nitrogen and oxygen atoms in total. The Kier molecular flexibility index (Phi) is 30.2. The van der Waals surface area contributed by atoms with Gasteiger partial charge in [0.2, 0.25) is 11.8 Å². The number of carbonyl (C=O) groups is 4. The van der Waals surface area contributed by atoms with Crippen LogP contribution in [0, 0.1) is 58.7 Å². The predicted molar refractivity (Wildman–Crippen MR) is 535 cm³/mol. The van der Waals surface area contributed by atoms with E-state index in [1.807, 2.05) is 106 Å². The van der Waals surface area contributed by atoms with Crippen molar-refractivity contribution in [3.05, 3.63) is 289 Å². The fourth-order valence-corrected chi connectivity index (χ4v) is 19.5. The second-order valence-corrected chi connectivity index (χ2v) is 35.0. The minimum Gasteiger partial charge on any atom is -0.507 e. The second kappa shape index (κ2) is 43.2. The third-order valence-electron chi connectivity index (χ3n) is 24.1. The van der Waals surface area contributed by atoms with Gasteiger partial charge < -0.3 is 58.9 Å². The van der Waals surface area contributed by atoms with Gasteiger partial charge in [-0.3, -0.25) is 24.2 Å². The van der Waals surface area contributed by atoms with Crippen molar-refractivity contribution in [3.63, 3.8) is 0 Å². The first-order chi connectivity index (χ1) is 67.8. The minimum atomic E-state index is -0.885. The molecule has 0 atom stereocenters. The van der Waals surface area contributed by atoms with E-state index in [0.29, 0.717) is 182 Å². The molecule has 9 aromatic carbocycles. The number of phenolic OH excluding ortho intramolecular Hbond substituents is 2. The lowest BCUT2D eigenvalue weighted by atomic mass is 9.96. The maximum atomic E-state index is 15.8. The number of carbonyl (C=O) groups excluding carboxylic acids is 4. The Hall–Kier alpha value is -15.2. The first-order valence-electron chi connectivity index (χ1n) is 43.5. The highest BCUT2D eigenvalue weighted by Crippen LogP contribution is 2.50. The highest BCUT2D eigenvalue weighted by Gasteiger charge is 2.35. The number of rotatable bonds is 16. The summed E-state index contributed by atoms with van der Waals surface area (Å²) in [5.41, 5.74) is 3.13. The molecule has 0 aliphatic carbocycles. The summed E-state index contributed by atoms with van der Waals surface area (Å²) in [6, 6.07) is 44.1. The van der Waals surface area contributed by atoms with Gasteiger partial charge in [0.1, 0.15) is 123 Å². The summed E-state index contributed by atoms with van der Waals surface area (Å²) < 4.78 is 87.1. The molecule has 4 aliphatic heterocycles. The summed E-state index contributed by atoms with van der Waals surface area (Å²) in [5.74, 6) is -2.37. The highest BCUT2D eigenvalue weighted by atomic mass is 35.5. The van der Waals surface area contributed by atoms with E-state index >= 15 is 13.2 Å². The average Bonchev–Trinajstić information content (AvgIpc) is 0.836. The van der Waals surface area contributed by atoms with Crippen LogP contribution in [0.3, 0.4) is 0 Å². The number of phenols is 2. The van der Waals surface area contributed by atoms with E-state index in [2.05, 4.69) is 62.9 Å². The van der Waals surface area contributed by atoms with Gasteiger partial charge in [0.25, 0.3) is 11.8 Å². The van der Waals surface area contributed by atoms with Crippen LogP contribution in [0.2, 0.25) is 25.1 Å². The monoisotopic (exact) mass is 2000 g/mol. The standard InChI is InChI=1S/C27H19ClF2N6O2.C26H22Cl2N4O2.C26H18ClF2N5O2S.C23H22ClFN4O2/c28-19-13-18-25(24(30)22(19)23-20(29)5-3-6-21(23)37)33-15-34-26(18)35-8-10-36(11-9-35)27(38)16(14-31)12-17-4-1-2-7-32-17;1-3-21(33)31-10-12-32(13-11-31)26-18-14-19(27)23(24(28)25(18)29-15-30-26)22-17-7-5-4-6-16(17)8-9-20(22)34-2;27-18-12-17-24(23(29)21(18)22-19(28)4-1-5-20(22)35)31-14-32-25(17)33-6-8-34(9-7-33)26(36)15(13-30)11-16-3-2-10-37-16;1-4-18(30)28-8-10-29(11-9-28)23-15-12-16(24)20(21(25)22(15)26-13-27-23)19-14(2)6-5-7-17(19)31-3/h1-7,12-13,15,37H,8-11H2;3-9,14-15H,1,10-13H2,2H3;1-5,10-12,14,35H,6-9H2;4-7,12-13H,1,8-11H2,2-3H3/b16-12+;;15-11+;. The summed E-state index contributed by atoms with van der Waals surface area (Å²) in [4.78, 5) is 104. The minimum absolute atomic E-state index is 0.0255. The summed E-state index contributed by atoms with van der Waals surface area (Å²) in [7, 11) is 3.18. The maximum Gasteiger partial charge on any atom is 0.264 e. The van der Waals surface area contributed by atoms with Gasteiger partial charge in [-0.25, -0.2) is 61.8 Å². The number of aromatic nitrogens is 9. The van der Waals surface area contributed by atoms with Crippen LogP contribution in [-0.4, -0.2) is 217 Å². The molecule has 4 fully saturated rings. The first-order valence-corrected chi connectivity index (χ1v) is 46.3. The molecule has 4 saturated heterocycles. The van der Waals surface area contributed by atoms with E-state index in [-0.39, 0.29) is 88.3 Å².